The zero-order valence-electron chi connectivity index (χ0n) is 28.5. The Kier molecular flexibility index (Phi) is 14.5. The number of nitrogens with zero attached hydrogens (tertiary/aromatic N) is 2. The van der Waals surface area contributed by atoms with Gasteiger partial charge in [-0.1, -0.05) is 6.42 Å². The lowest BCUT2D eigenvalue weighted by molar-refractivity contribution is -0.384. The number of nitrogens with one attached hydrogen (secondary N) is 4. The van der Waals surface area contributed by atoms with Crippen molar-refractivity contribution in [2.24, 2.45) is 0 Å². The predicted octanol–water partition coefficient (Wildman–Crippen LogP) is 3.66. The van der Waals surface area contributed by atoms with E-state index >= 15 is 0 Å². The first-order valence-corrected chi connectivity index (χ1v) is 19.0. The number of nitro groups is 1. The molecule has 1 aromatic heterocycles. The van der Waals surface area contributed by atoms with Crippen molar-refractivity contribution in [2.45, 2.75) is 55.9 Å². The highest BCUT2D eigenvalue weighted by Crippen LogP contribution is 2.34. The van der Waals surface area contributed by atoms with E-state index in [9.17, 15) is 34.1 Å². The average molecular weight is 759 g/mol. The molecule has 4 heterocycles. The summed E-state index contributed by atoms with van der Waals surface area (Å²) in [7, 11) is 0. The number of hydrogen-bond acceptors (Lipinski definition) is 12. The van der Waals surface area contributed by atoms with Gasteiger partial charge in [0.2, 0.25) is 11.8 Å². The molecular formula is C34H42N6O10S2. The molecule has 52 heavy (non-hydrogen) atoms. The van der Waals surface area contributed by atoms with Gasteiger partial charge < -0.3 is 35.2 Å². The number of non-ortho nitro benzene ring substituents is 1. The Balaban J connectivity index is 0.844. The Morgan fingerprint density at radius 1 is 0.942 bits per heavy atom. The number of nitro benzene ring substituents is 1. The summed E-state index contributed by atoms with van der Waals surface area (Å²) < 4.78 is 16.7. The first kappa shape index (κ1) is 38.8. The van der Waals surface area contributed by atoms with Crippen LogP contribution in [0.4, 0.5) is 15.3 Å². The minimum atomic E-state index is -0.490. The fraction of sp³-hybridized carbons (Fsp3) is 0.500. The molecule has 0 radical (unpaired) electrons. The maximum absolute atomic E-state index is 12.8. The molecule has 3 aliphatic rings. The van der Waals surface area contributed by atoms with E-state index in [0.717, 1.165) is 41.7 Å². The number of rotatable bonds is 21. The summed E-state index contributed by atoms with van der Waals surface area (Å²) in [5, 5.41) is 22.4. The van der Waals surface area contributed by atoms with Crippen LogP contribution in [0.25, 0.3) is 17.4 Å². The number of carbonyl (C=O) groups is 5. The topological polar surface area (TPSA) is 211 Å². The number of furan rings is 1. The second kappa shape index (κ2) is 19.4. The van der Waals surface area contributed by atoms with Crippen molar-refractivity contribution in [3.63, 3.8) is 0 Å². The number of imide groups is 1. The van der Waals surface area contributed by atoms with Gasteiger partial charge in [0.1, 0.15) is 11.5 Å². The average Bonchev–Trinajstić information content (AvgIpc) is 3.89. The van der Waals surface area contributed by atoms with E-state index in [0.29, 0.717) is 74.7 Å². The minimum Gasteiger partial charge on any atom is -0.457 e. The molecular weight excluding hydrogens is 717 g/mol. The molecule has 3 atom stereocenters. The lowest BCUT2D eigenvalue weighted by atomic mass is 10.0. The number of hydrogen-bond donors (Lipinski definition) is 4. The Hall–Kier alpha value is -4.39. The number of ether oxygens (including phenoxy) is 2. The number of amides is 6. The minimum absolute atomic E-state index is 0.00861. The smallest absolute Gasteiger partial charge is 0.315 e. The van der Waals surface area contributed by atoms with Gasteiger partial charge >= 0.3 is 6.03 Å². The highest BCUT2D eigenvalue weighted by atomic mass is 32.2. The molecule has 3 unspecified atom stereocenters. The lowest BCUT2D eigenvalue weighted by Gasteiger charge is -2.16. The largest absolute Gasteiger partial charge is 0.457 e. The summed E-state index contributed by atoms with van der Waals surface area (Å²) >= 11 is 2.66. The quantitative estimate of drug-likeness (QED) is 0.0473. The lowest BCUT2D eigenvalue weighted by Crippen LogP contribution is -2.36. The van der Waals surface area contributed by atoms with E-state index in [1.807, 2.05) is 11.8 Å². The van der Waals surface area contributed by atoms with E-state index in [1.54, 1.807) is 24.3 Å². The van der Waals surface area contributed by atoms with E-state index in [2.05, 4.69) is 21.3 Å². The molecule has 3 aliphatic heterocycles. The van der Waals surface area contributed by atoms with Crippen molar-refractivity contribution in [1.29, 1.82) is 0 Å². The molecule has 6 amide bonds. The second-order valence-corrected chi connectivity index (χ2v) is 14.5. The van der Waals surface area contributed by atoms with Crippen molar-refractivity contribution in [3.05, 3.63) is 57.2 Å². The molecule has 2 aromatic rings. The van der Waals surface area contributed by atoms with Crippen LogP contribution in [0.5, 0.6) is 0 Å². The molecule has 1 aromatic carbocycles. The molecule has 0 spiro atoms. The number of thioether (sulfide) groups is 2. The Morgan fingerprint density at radius 3 is 2.33 bits per heavy atom. The monoisotopic (exact) mass is 758 g/mol. The molecule has 280 valence electrons. The molecule has 4 N–H and O–H groups in total. The van der Waals surface area contributed by atoms with Gasteiger partial charge in [-0.05, 0) is 55.3 Å². The van der Waals surface area contributed by atoms with E-state index < -0.39 is 16.1 Å². The van der Waals surface area contributed by atoms with E-state index in [1.165, 1.54) is 18.2 Å². The number of carbonyl (C=O) groups excluding carboxylic acids is 5. The summed E-state index contributed by atoms with van der Waals surface area (Å²) in [5.41, 5.74) is 0.587. The van der Waals surface area contributed by atoms with Crippen LogP contribution in [0.3, 0.4) is 0 Å². The van der Waals surface area contributed by atoms with Crippen LogP contribution in [0.2, 0.25) is 0 Å². The maximum atomic E-state index is 12.8. The van der Waals surface area contributed by atoms with Crippen LogP contribution in [0.15, 0.2) is 45.7 Å². The van der Waals surface area contributed by atoms with Gasteiger partial charge in [0.15, 0.2) is 0 Å². The summed E-state index contributed by atoms with van der Waals surface area (Å²) in [6, 6.07) is 9.50. The van der Waals surface area contributed by atoms with Crippen LogP contribution in [0.1, 0.15) is 44.3 Å². The van der Waals surface area contributed by atoms with Crippen molar-refractivity contribution >= 4 is 64.3 Å². The van der Waals surface area contributed by atoms with Crippen LogP contribution in [-0.2, 0) is 23.9 Å². The maximum Gasteiger partial charge on any atom is 0.315 e. The Bertz CT molecular complexity index is 1630. The SMILES string of the molecule is O=C(CCCCC1SCC2NC(=O)NC21)NCCOCCOCCNC(=O)CCCN1C(=O)S/C(=C\c2ccc(-c3ccc([N+](=O)[O-])cc3)o2)C1=O. The zero-order valence-corrected chi connectivity index (χ0v) is 30.1. The number of unbranched alkanes of at least 4 members (excludes halogenated alkanes) is 1. The van der Waals surface area contributed by atoms with Crippen LogP contribution in [0, 0.1) is 10.1 Å². The van der Waals surface area contributed by atoms with Gasteiger partial charge in [0.05, 0.1) is 48.3 Å². The zero-order chi connectivity index (χ0) is 36.9. The predicted molar refractivity (Wildman–Crippen MR) is 194 cm³/mol. The third kappa shape index (κ3) is 11.3. The molecule has 16 nitrogen and oxygen atoms in total. The first-order chi connectivity index (χ1) is 25.2. The van der Waals surface area contributed by atoms with E-state index in [4.69, 9.17) is 13.9 Å². The normalized spacial score (nSPS) is 20.2. The van der Waals surface area contributed by atoms with Crippen molar-refractivity contribution in [1.82, 2.24) is 26.2 Å². The summed E-state index contributed by atoms with van der Waals surface area (Å²) in [6.07, 6.45) is 5.07. The van der Waals surface area contributed by atoms with E-state index in [-0.39, 0.29) is 53.5 Å². The Labute approximate surface area is 308 Å². The number of benzene rings is 1. The summed E-state index contributed by atoms with van der Waals surface area (Å²) in [5.74, 6) is 1.04. The molecule has 0 saturated carbocycles. The van der Waals surface area contributed by atoms with Crippen LogP contribution >= 0.6 is 23.5 Å². The van der Waals surface area contributed by atoms with Gasteiger partial charge in [-0.2, -0.15) is 11.8 Å². The standard InChI is InChI=1S/C34H42N6O10S2/c41-29(5-2-1-4-27-31-25(21-51-27)37-33(44)38-31)35-13-16-48-18-19-49-17-14-36-30(42)6-3-15-39-32(43)28(52-34(39)45)20-24-11-12-26(50-24)22-7-9-23(10-8-22)40(46)47/h7-12,20,25,27,31H,1-6,13-19,21H2,(H,35,41)(H,36,42)(H2,37,38,44)/b28-20-. The van der Waals surface area contributed by atoms with Crippen molar-refractivity contribution < 1.29 is 42.8 Å². The van der Waals surface area contributed by atoms with Gasteiger partial charge in [0.25, 0.3) is 16.8 Å². The molecule has 0 bridgehead atoms. The molecule has 5 rings (SSSR count). The Morgan fingerprint density at radius 2 is 1.63 bits per heavy atom. The van der Waals surface area contributed by atoms with Gasteiger partial charge in [-0.25, -0.2) is 4.79 Å². The highest BCUT2D eigenvalue weighted by molar-refractivity contribution is 8.18. The second-order valence-electron chi connectivity index (χ2n) is 12.2. The number of urea groups is 1. The highest BCUT2D eigenvalue weighted by Gasteiger charge is 2.42. The molecule has 0 aliphatic carbocycles. The first-order valence-electron chi connectivity index (χ1n) is 17.2. The van der Waals surface area contributed by atoms with Gasteiger partial charge in [-0.15, -0.1) is 0 Å². The summed E-state index contributed by atoms with van der Waals surface area (Å²) in [6.45, 7) is 2.16. The van der Waals surface area contributed by atoms with Gasteiger partial charge in [-0.3, -0.25) is 34.2 Å². The van der Waals surface area contributed by atoms with Gasteiger partial charge in [0, 0.05) is 67.3 Å². The van der Waals surface area contributed by atoms with Crippen molar-refractivity contribution in [3.8, 4) is 11.3 Å². The molecule has 18 heteroatoms. The third-order valence-electron chi connectivity index (χ3n) is 8.51. The molecule has 3 saturated heterocycles. The van der Waals surface area contributed by atoms with Crippen LogP contribution < -0.4 is 21.3 Å². The van der Waals surface area contributed by atoms with Crippen LogP contribution in [-0.4, -0.2) is 108 Å². The fourth-order valence-corrected chi connectivity index (χ4v) is 8.24. The summed E-state index contributed by atoms with van der Waals surface area (Å²) in [4.78, 5) is 72.7. The number of fused-ring (bicyclic) bond motifs is 1. The fourth-order valence-electron chi connectivity index (χ4n) is 5.85. The third-order valence-corrected chi connectivity index (χ3v) is 10.9. The molecule has 3 fully saturated rings. The van der Waals surface area contributed by atoms with Crippen molar-refractivity contribution in [2.75, 3.05) is 51.8 Å².